The second kappa shape index (κ2) is 8.52. The first kappa shape index (κ1) is 21.7. The lowest BCUT2D eigenvalue weighted by Crippen LogP contribution is -2.22. The van der Waals surface area contributed by atoms with Gasteiger partial charge < -0.3 is 19.9 Å². The summed E-state index contributed by atoms with van der Waals surface area (Å²) in [5, 5.41) is 2.67. The van der Waals surface area contributed by atoms with E-state index >= 15 is 0 Å². The highest BCUT2D eigenvalue weighted by Crippen LogP contribution is 2.32. The quantitative estimate of drug-likeness (QED) is 0.591. The van der Waals surface area contributed by atoms with Crippen LogP contribution in [-0.4, -0.2) is 40.3 Å². The highest BCUT2D eigenvalue weighted by molar-refractivity contribution is 6.05. The summed E-state index contributed by atoms with van der Waals surface area (Å²) < 4.78 is 40.8. The molecule has 1 aromatic carbocycles. The molecular weight excluding hydrogens is 423 g/mol. The molecule has 10 heteroatoms. The minimum Gasteiger partial charge on any atom is -0.406 e. The van der Waals surface area contributed by atoms with Crippen LogP contribution in [0.3, 0.4) is 0 Å². The first-order valence-electron chi connectivity index (χ1n) is 10.1. The molecule has 1 aliphatic heterocycles. The fraction of sp³-hybridized carbons (Fsp3) is 0.318. The Balaban J connectivity index is 1.57. The molecule has 3 heterocycles. The molecule has 1 aliphatic rings. The minimum absolute atomic E-state index is 0.306. The molecule has 0 unspecified atom stereocenters. The lowest BCUT2D eigenvalue weighted by molar-refractivity contribution is -0.274. The Morgan fingerprint density at radius 2 is 1.97 bits per heavy atom. The third kappa shape index (κ3) is 5.01. The predicted octanol–water partition coefficient (Wildman–Crippen LogP) is 4.78. The van der Waals surface area contributed by atoms with Crippen LogP contribution in [0.2, 0.25) is 0 Å². The van der Waals surface area contributed by atoms with Gasteiger partial charge in [-0.1, -0.05) is 6.92 Å². The number of anilines is 2. The number of imidazole rings is 1. The molecule has 0 radical (unpaired) electrons. The summed E-state index contributed by atoms with van der Waals surface area (Å²) in [6.45, 7) is 5.82. The first-order chi connectivity index (χ1) is 15.2. The molecule has 2 N–H and O–H groups in total. The number of carbonyl (C=O) groups is 1. The van der Waals surface area contributed by atoms with Gasteiger partial charge in [0.15, 0.2) is 0 Å². The summed E-state index contributed by atoms with van der Waals surface area (Å²) >= 11 is 0. The zero-order chi connectivity index (χ0) is 22.9. The van der Waals surface area contributed by atoms with Crippen LogP contribution in [0.25, 0.3) is 11.4 Å². The van der Waals surface area contributed by atoms with Gasteiger partial charge in [-0.2, -0.15) is 0 Å². The van der Waals surface area contributed by atoms with E-state index in [9.17, 15) is 18.0 Å². The molecule has 7 nitrogen and oxygen atoms in total. The molecule has 1 saturated heterocycles. The van der Waals surface area contributed by atoms with Crippen molar-refractivity contribution < 1.29 is 22.7 Å². The molecule has 32 heavy (non-hydrogen) atoms. The van der Waals surface area contributed by atoms with Crippen LogP contribution in [0.15, 0.2) is 42.7 Å². The normalized spacial score (nSPS) is 16.3. The maximum Gasteiger partial charge on any atom is 0.573 e. The summed E-state index contributed by atoms with van der Waals surface area (Å²) in [6.07, 6.45) is -0.502. The summed E-state index contributed by atoms with van der Waals surface area (Å²) in [6, 6.07) is 6.67. The molecular formula is C22H22F3N5O2. The Kier molecular flexibility index (Phi) is 5.77. The topological polar surface area (TPSA) is 83.1 Å². The summed E-state index contributed by atoms with van der Waals surface area (Å²) in [5.74, 6) is 1.13. The number of nitrogens with one attached hydrogen (secondary N) is 2. The van der Waals surface area contributed by atoms with Crippen LogP contribution < -0.4 is 15.0 Å². The molecule has 3 aromatic rings. The lowest BCUT2D eigenvalue weighted by Gasteiger charge is -2.20. The average molecular weight is 445 g/mol. The Morgan fingerprint density at radius 1 is 1.22 bits per heavy atom. The zero-order valence-corrected chi connectivity index (χ0v) is 17.5. The van der Waals surface area contributed by atoms with E-state index in [0.29, 0.717) is 28.6 Å². The summed E-state index contributed by atoms with van der Waals surface area (Å²) in [7, 11) is 0. The largest absolute Gasteiger partial charge is 0.573 e. The van der Waals surface area contributed by atoms with Crippen molar-refractivity contribution in [3.8, 4) is 17.1 Å². The number of rotatable bonds is 5. The van der Waals surface area contributed by atoms with Crippen LogP contribution in [0.5, 0.6) is 5.75 Å². The van der Waals surface area contributed by atoms with Crippen molar-refractivity contribution in [3.05, 3.63) is 54.0 Å². The third-order valence-electron chi connectivity index (χ3n) is 5.16. The van der Waals surface area contributed by atoms with Crippen molar-refractivity contribution in [2.24, 2.45) is 5.92 Å². The number of halogens is 3. The molecule has 0 spiro atoms. The zero-order valence-electron chi connectivity index (χ0n) is 17.5. The standard InChI is InChI=1S/C22H22F3N5O2/c1-13-7-8-30(12-13)20-18(19-26-10-14(2)28-19)9-15(11-27-20)21(31)29-16-3-5-17(6-4-16)32-22(23,24)25/h3-6,9-11,13H,7-8,12H2,1-2H3,(H,26,28)(H,29,31)/t13-/m1/s1. The molecule has 0 bridgehead atoms. The summed E-state index contributed by atoms with van der Waals surface area (Å²) in [5.41, 5.74) is 2.24. The molecule has 1 amide bonds. The van der Waals surface area contributed by atoms with Crippen LogP contribution in [0, 0.1) is 12.8 Å². The maximum atomic E-state index is 12.8. The maximum absolute atomic E-state index is 12.8. The Morgan fingerprint density at radius 3 is 2.56 bits per heavy atom. The predicted molar refractivity (Wildman–Crippen MR) is 114 cm³/mol. The number of alkyl halides is 3. The smallest absolute Gasteiger partial charge is 0.406 e. The average Bonchev–Trinajstić information content (AvgIpc) is 3.36. The molecule has 0 saturated carbocycles. The van der Waals surface area contributed by atoms with Gasteiger partial charge in [-0.25, -0.2) is 9.97 Å². The van der Waals surface area contributed by atoms with Gasteiger partial charge in [-0.15, -0.1) is 13.2 Å². The van der Waals surface area contributed by atoms with E-state index in [1.165, 1.54) is 18.3 Å². The van der Waals surface area contributed by atoms with Crippen molar-refractivity contribution in [1.29, 1.82) is 0 Å². The van der Waals surface area contributed by atoms with Gasteiger partial charge in [-0.3, -0.25) is 4.79 Å². The van der Waals surface area contributed by atoms with Crippen molar-refractivity contribution in [2.45, 2.75) is 26.6 Å². The molecule has 168 valence electrons. The number of pyridine rings is 1. The number of benzene rings is 1. The van der Waals surface area contributed by atoms with E-state index in [-0.39, 0.29) is 5.75 Å². The SMILES string of the molecule is Cc1cnc(-c2cc(C(=O)Nc3ccc(OC(F)(F)F)cc3)cnc2N2CC[C@@H](C)C2)[nH]1. The molecule has 1 fully saturated rings. The van der Waals surface area contributed by atoms with Crippen molar-refractivity contribution in [2.75, 3.05) is 23.3 Å². The Hall–Kier alpha value is -3.56. The highest BCUT2D eigenvalue weighted by Gasteiger charge is 2.31. The van der Waals surface area contributed by atoms with E-state index in [2.05, 4.69) is 36.8 Å². The van der Waals surface area contributed by atoms with E-state index in [4.69, 9.17) is 0 Å². The number of carbonyl (C=O) groups excluding carboxylic acids is 1. The number of aromatic amines is 1. The van der Waals surface area contributed by atoms with Crippen molar-refractivity contribution in [3.63, 3.8) is 0 Å². The Labute approximate surface area is 182 Å². The first-order valence-corrected chi connectivity index (χ1v) is 10.1. The number of H-pyrrole nitrogens is 1. The molecule has 1 atom stereocenters. The van der Waals surface area contributed by atoms with Gasteiger partial charge in [0.25, 0.3) is 5.91 Å². The monoisotopic (exact) mass is 445 g/mol. The number of nitrogens with zero attached hydrogens (tertiary/aromatic N) is 3. The molecule has 4 rings (SSSR count). The molecule has 2 aromatic heterocycles. The van der Waals surface area contributed by atoms with Crippen LogP contribution in [0.1, 0.15) is 29.4 Å². The van der Waals surface area contributed by atoms with E-state index in [1.807, 2.05) is 6.92 Å². The van der Waals surface area contributed by atoms with Gasteiger partial charge in [0.05, 0.1) is 11.1 Å². The lowest BCUT2D eigenvalue weighted by atomic mass is 10.1. The number of ether oxygens (including phenoxy) is 1. The number of hydrogen-bond acceptors (Lipinski definition) is 5. The van der Waals surface area contributed by atoms with Crippen molar-refractivity contribution >= 4 is 17.4 Å². The van der Waals surface area contributed by atoms with Crippen LogP contribution >= 0.6 is 0 Å². The van der Waals surface area contributed by atoms with E-state index in [0.717, 1.165) is 43.2 Å². The van der Waals surface area contributed by atoms with Gasteiger partial charge >= 0.3 is 6.36 Å². The van der Waals surface area contributed by atoms with Crippen LogP contribution in [0.4, 0.5) is 24.7 Å². The number of aryl methyl sites for hydroxylation is 1. The van der Waals surface area contributed by atoms with Gasteiger partial charge in [-0.05, 0) is 49.6 Å². The number of aromatic nitrogens is 3. The second-order valence-electron chi connectivity index (χ2n) is 7.88. The van der Waals surface area contributed by atoms with E-state index < -0.39 is 12.3 Å². The van der Waals surface area contributed by atoms with E-state index in [1.54, 1.807) is 12.3 Å². The van der Waals surface area contributed by atoms with Gasteiger partial charge in [0.1, 0.15) is 17.4 Å². The second-order valence-corrected chi connectivity index (χ2v) is 7.88. The summed E-state index contributed by atoms with van der Waals surface area (Å²) in [4.78, 5) is 27.1. The minimum atomic E-state index is -4.77. The fourth-order valence-electron chi connectivity index (χ4n) is 3.63. The van der Waals surface area contributed by atoms with Crippen LogP contribution in [-0.2, 0) is 0 Å². The third-order valence-corrected chi connectivity index (χ3v) is 5.16. The van der Waals surface area contributed by atoms with Crippen molar-refractivity contribution in [1.82, 2.24) is 15.0 Å². The van der Waals surface area contributed by atoms with Gasteiger partial charge in [0, 0.05) is 36.9 Å². The fourth-order valence-corrected chi connectivity index (χ4v) is 3.63. The number of hydrogen-bond donors (Lipinski definition) is 2. The number of amides is 1. The Bertz CT molecular complexity index is 1110. The van der Waals surface area contributed by atoms with Gasteiger partial charge in [0.2, 0.25) is 0 Å². The highest BCUT2D eigenvalue weighted by atomic mass is 19.4. The molecule has 0 aliphatic carbocycles.